The number of para-hydroxylation sites is 1. The molecule has 1 amide bonds. The van der Waals surface area contributed by atoms with Gasteiger partial charge in [0.25, 0.3) is 5.91 Å². The molecule has 0 spiro atoms. The zero-order chi connectivity index (χ0) is 15.9. The van der Waals surface area contributed by atoms with Crippen molar-refractivity contribution in [1.29, 1.82) is 0 Å². The van der Waals surface area contributed by atoms with E-state index in [1.807, 2.05) is 43.4 Å². The molecule has 1 aromatic carbocycles. The number of aromatic nitrogens is 1. The fraction of sp³-hybridized carbons (Fsp3) is 0.333. The van der Waals surface area contributed by atoms with Crippen LogP contribution >= 0.6 is 0 Å². The zero-order valence-electron chi connectivity index (χ0n) is 13.5. The van der Waals surface area contributed by atoms with Crippen molar-refractivity contribution < 1.29 is 4.79 Å². The molecule has 0 atom stereocenters. The summed E-state index contributed by atoms with van der Waals surface area (Å²) in [6, 6.07) is 11.5. The van der Waals surface area contributed by atoms with Crippen LogP contribution in [0.25, 0.3) is 0 Å². The highest BCUT2D eigenvalue weighted by Crippen LogP contribution is 2.18. The lowest BCUT2D eigenvalue weighted by Crippen LogP contribution is -2.27. The van der Waals surface area contributed by atoms with Gasteiger partial charge in [0.1, 0.15) is 0 Å². The van der Waals surface area contributed by atoms with E-state index in [9.17, 15) is 4.79 Å². The second kappa shape index (κ2) is 7.59. The maximum Gasteiger partial charge on any atom is 0.259 e. The molecule has 2 rings (SSSR count). The number of carbonyl (C=O) groups is 1. The molecule has 0 aliphatic rings. The molecule has 4 heteroatoms. The summed E-state index contributed by atoms with van der Waals surface area (Å²) >= 11 is 0. The van der Waals surface area contributed by atoms with Crippen LogP contribution in [0.15, 0.2) is 48.8 Å². The summed E-state index contributed by atoms with van der Waals surface area (Å²) in [6.45, 7) is 3.13. The molecule has 0 bridgehead atoms. The molecule has 1 heterocycles. The van der Waals surface area contributed by atoms with Crippen LogP contribution in [0, 0.1) is 0 Å². The first-order valence-electron chi connectivity index (χ1n) is 7.62. The first kappa shape index (κ1) is 16.0. The minimum absolute atomic E-state index is 0.0514. The lowest BCUT2D eigenvalue weighted by molar-refractivity contribution is 0.0992. The molecule has 0 fully saturated rings. The Labute approximate surface area is 132 Å². The van der Waals surface area contributed by atoms with Crippen LogP contribution in [-0.4, -0.2) is 31.5 Å². The van der Waals surface area contributed by atoms with E-state index in [4.69, 9.17) is 0 Å². The number of anilines is 2. The van der Waals surface area contributed by atoms with Gasteiger partial charge < -0.3 is 9.80 Å². The minimum atomic E-state index is -0.0514. The summed E-state index contributed by atoms with van der Waals surface area (Å²) in [6.07, 6.45) is 5.69. The first-order chi connectivity index (χ1) is 10.6. The van der Waals surface area contributed by atoms with Crippen LogP contribution < -0.4 is 9.80 Å². The minimum Gasteiger partial charge on any atom is -0.373 e. The van der Waals surface area contributed by atoms with Gasteiger partial charge >= 0.3 is 0 Å². The Kier molecular flexibility index (Phi) is 5.53. The van der Waals surface area contributed by atoms with Crippen LogP contribution in [0.3, 0.4) is 0 Å². The average molecular weight is 297 g/mol. The van der Waals surface area contributed by atoms with E-state index in [1.165, 1.54) is 0 Å². The van der Waals surface area contributed by atoms with Crippen LogP contribution in [0.1, 0.15) is 30.1 Å². The number of rotatable bonds is 6. The lowest BCUT2D eigenvalue weighted by Gasteiger charge is -2.21. The van der Waals surface area contributed by atoms with Crippen molar-refractivity contribution in [2.45, 2.75) is 19.8 Å². The van der Waals surface area contributed by atoms with Crippen LogP contribution in [0.5, 0.6) is 0 Å². The molecular weight excluding hydrogens is 274 g/mol. The van der Waals surface area contributed by atoms with Crippen LogP contribution in [0.4, 0.5) is 11.4 Å². The summed E-state index contributed by atoms with van der Waals surface area (Å²) in [7, 11) is 3.81. The average Bonchev–Trinajstić information content (AvgIpc) is 2.59. The second-order valence-electron chi connectivity index (χ2n) is 5.41. The van der Waals surface area contributed by atoms with E-state index in [-0.39, 0.29) is 5.91 Å². The van der Waals surface area contributed by atoms with E-state index in [0.29, 0.717) is 5.56 Å². The van der Waals surface area contributed by atoms with Gasteiger partial charge in [-0.15, -0.1) is 0 Å². The van der Waals surface area contributed by atoms with E-state index in [1.54, 1.807) is 24.3 Å². The Balaban J connectivity index is 2.16. The highest BCUT2D eigenvalue weighted by Gasteiger charge is 2.14. The molecule has 0 radical (unpaired) electrons. The molecule has 2 aromatic rings. The fourth-order valence-corrected chi connectivity index (χ4v) is 2.24. The predicted octanol–water partition coefficient (Wildman–Crippen LogP) is 3.59. The summed E-state index contributed by atoms with van der Waals surface area (Å²) in [5, 5.41) is 0. The summed E-state index contributed by atoms with van der Waals surface area (Å²) in [4.78, 5) is 20.6. The molecule has 0 aliphatic heterocycles. The van der Waals surface area contributed by atoms with E-state index < -0.39 is 0 Å². The molecule has 0 aliphatic carbocycles. The number of hydrogen-bond donors (Lipinski definition) is 0. The van der Waals surface area contributed by atoms with Gasteiger partial charge in [0.15, 0.2) is 0 Å². The van der Waals surface area contributed by atoms with Crippen molar-refractivity contribution in [3.63, 3.8) is 0 Å². The predicted molar refractivity (Wildman–Crippen MR) is 91.6 cm³/mol. The Bertz CT molecular complexity index is 613. The number of unbranched alkanes of at least 4 members (excludes halogenated alkanes) is 1. The van der Waals surface area contributed by atoms with Crippen LogP contribution in [-0.2, 0) is 0 Å². The molecule has 0 saturated carbocycles. The van der Waals surface area contributed by atoms with Crippen molar-refractivity contribution >= 4 is 17.3 Å². The van der Waals surface area contributed by atoms with Gasteiger partial charge in [-0.3, -0.25) is 9.78 Å². The van der Waals surface area contributed by atoms with Gasteiger partial charge in [0.2, 0.25) is 0 Å². The standard InChI is InChI=1S/C18H23N3O/c1-4-5-11-20(2)17-12-15(13-19-14-17)18(22)21(3)16-9-7-6-8-10-16/h6-10,12-14H,4-5,11H2,1-3H3. The molecule has 116 valence electrons. The molecule has 0 saturated heterocycles. The number of pyridine rings is 1. The van der Waals surface area contributed by atoms with Gasteiger partial charge in [-0.2, -0.15) is 0 Å². The van der Waals surface area contributed by atoms with Crippen molar-refractivity contribution in [1.82, 2.24) is 4.98 Å². The second-order valence-corrected chi connectivity index (χ2v) is 5.41. The van der Waals surface area contributed by atoms with E-state index in [2.05, 4.69) is 16.8 Å². The molecule has 4 nitrogen and oxygen atoms in total. The highest BCUT2D eigenvalue weighted by atomic mass is 16.2. The highest BCUT2D eigenvalue weighted by molar-refractivity contribution is 6.06. The van der Waals surface area contributed by atoms with Gasteiger partial charge in [-0.05, 0) is 24.6 Å². The quantitative estimate of drug-likeness (QED) is 0.817. The SMILES string of the molecule is CCCCN(C)c1cncc(C(=O)N(C)c2ccccc2)c1. The maximum absolute atomic E-state index is 12.6. The van der Waals surface area contributed by atoms with Gasteiger partial charge in [0.05, 0.1) is 17.4 Å². The van der Waals surface area contributed by atoms with Crippen molar-refractivity contribution in [3.05, 3.63) is 54.4 Å². The summed E-state index contributed by atoms with van der Waals surface area (Å²) < 4.78 is 0. The zero-order valence-corrected chi connectivity index (χ0v) is 13.5. The number of benzene rings is 1. The van der Waals surface area contributed by atoms with Crippen molar-refractivity contribution in [2.24, 2.45) is 0 Å². The Morgan fingerprint density at radius 1 is 1.09 bits per heavy atom. The largest absolute Gasteiger partial charge is 0.373 e. The Hall–Kier alpha value is -2.36. The number of hydrogen-bond acceptors (Lipinski definition) is 3. The smallest absolute Gasteiger partial charge is 0.259 e. The third kappa shape index (κ3) is 3.85. The molecular formula is C18H23N3O. The molecule has 0 unspecified atom stereocenters. The monoisotopic (exact) mass is 297 g/mol. The van der Waals surface area contributed by atoms with Crippen molar-refractivity contribution in [3.8, 4) is 0 Å². The van der Waals surface area contributed by atoms with E-state index in [0.717, 1.165) is 30.8 Å². The summed E-state index contributed by atoms with van der Waals surface area (Å²) in [5.41, 5.74) is 2.45. The number of amides is 1. The van der Waals surface area contributed by atoms with Gasteiger partial charge in [-0.25, -0.2) is 0 Å². The Morgan fingerprint density at radius 3 is 2.50 bits per heavy atom. The van der Waals surface area contributed by atoms with E-state index >= 15 is 0 Å². The summed E-state index contributed by atoms with van der Waals surface area (Å²) in [5.74, 6) is -0.0514. The molecule has 22 heavy (non-hydrogen) atoms. The first-order valence-corrected chi connectivity index (χ1v) is 7.62. The van der Waals surface area contributed by atoms with Crippen molar-refractivity contribution in [2.75, 3.05) is 30.4 Å². The third-order valence-electron chi connectivity index (χ3n) is 3.71. The Morgan fingerprint density at radius 2 is 1.82 bits per heavy atom. The maximum atomic E-state index is 12.6. The molecule has 0 N–H and O–H groups in total. The fourth-order valence-electron chi connectivity index (χ4n) is 2.24. The van der Waals surface area contributed by atoms with Gasteiger partial charge in [-0.1, -0.05) is 31.5 Å². The molecule has 1 aromatic heterocycles. The normalized spacial score (nSPS) is 10.3. The topological polar surface area (TPSA) is 36.4 Å². The third-order valence-corrected chi connectivity index (χ3v) is 3.71. The number of nitrogens with zero attached hydrogens (tertiary/aromatic N) is 3. The number of carbonyl (C=O) groups excluding carboxylic acids is 1. The van der Waals surface area contributed by atoms with Crippen LogP contribution in [0.2, 0.25) is 0 Å². The lowest BCUT2D eigenvalue weighted by atomic mass is 10.2. The van der Waals surface area contributed by atoms with Gasteiger partial charge in [0, 0.05) is 32.5 Å².